The lowest BCUT2D eigenvalue weighted by Crippen LogP contribution is -1.93. The maximum absolute atomic E-state index is 2.24. The molecule has 0 N–H and O–H groups in total. The van der Waals surface area contributed by atoms with Crippen molar-refractivity contribution in [1.29, 1.82) is 0 Å². The minimum absolute atomic E-state index is 0.636. The minimum atomic E-state index is 0.636. The first-order chi connectivity index (χ1) is 5.45. The Balaban J connectivity index is 2.01. The fraction of sp³-hybridized carbons (Fsp3) is 0.182. The smallest absolute Gasteiger partial charge is 0.0121 e. The molecule has 0 fully saturated rings. The quantitative estimate of drug-likeness (QED) is 0.558. The molecule has 0 heteroatoms. The van der Waals surface area contributed by atoms with Crippen LogP contribution in [0.2, 0.25) is 0 Å². The minimum Gasteiger partial charge on any atom is -0.211 e. The van der Waals surface area contributed by atoms with Crippen LogP contribution in [0.4, 0.5) is 0 Å². The van der Waals surface area contributed by atoms with Crippen molar-refractivity contribution in [3.63, 3.8) is 0 Å². The van der Waals surface area contributed by atoms with Crippen LogP contribution in [0.25, 0.3) is 0 Å². The van der Waals surface area contributed by atoms with Gasteiger partial charge in [-0.05, 0) is 5.92 Å². The lowest BCUT2D eigenvalue weighted by molar-refractivity contribution is 0.819. The predicted octanol–water partition coefficient (Wildman–Crippen LogP) is 2.69. The van der Waals surface area contributed by atoms with Crippen molar-refractivity contribution in [3.8, 4) is 0 Å². The SMILES string of the molecule is C1=CC(Cc2cc[cH-]c2)C=C1. The van der Waals surface area contributed by atoms with Crippen LogP contribution in [-0.4, -0.2) is 0 Å². The van der Waals surface area contributed by atoms with E-state index in [4.69, 9.17) is 0 Å². The molecule has 0 spiro atoms. The summed E-state index contributed by atoms with van der Waals surface area (Å²) in [6.45, 7) is 0. The van der Waals surface area contributed by atoms with Crippen molar-refractivity contribution >= 4 is 0 Å². The molecule has 0 unspecified atom stereocenters. The van der Waals surface area contributed by atoms with E-state index in [9.17, 15) is 0 Å². The summed E-state index contributed by atoms with van der Waals surface area (Å²) in [5.74, 6) is 0.636. The molecular weight excluding hydrogens is 132 g/mol. The largest absolute Gasteiger partial charge is 0.211 e. The zero-order valence-corrected chi connectivity index (χ0v) is 6.40. The first-order valence-electron chi connectivity index (χ1n) is 4.01. The van der Waals surface area contributed by atoms with Crippen LogP contribution < -0.4 is 0 Å². The van der Waals surface area contributed by atoms with Gasteiger partial charge in [-0.25, -0.2) is 6.07 Å². The zero-order valence-electron chi connectivity index (χ0n) is 6.40. The van der Waals surface area contributed by atoms with Crippen LogP contribution in [0, 0.1) is 5.92 Å². The number of rotatable bonds is 2. The summed E-state index contributed by atoms with van der Waals surface area (Å²) in [6, 6.07) is 8.55. The Morgan fingerprint density at radius 1 is 1.27 bits per heavy atom. The monoisotopic (exact) mass is 143 g/mol. The molecule has 0 nitrogen and oxygen atoms in total. The van der Waals surface area contributed by atoms with Crippen molar-refractivity contribution in [2.45, 2.75) is 6.42 Å². The molecule has 0 amide bonds. The molecule has 0 atom stereocenters. The van der Waals surface area contributed by atoms with Gasteiger partial charge in [0.05, 0.1) is 0 Å². The molecule has 11 heavy (non-hydrogen) atoms. The van der Waals surface area contributed by atoms with E-state index in [1.807, 2.05) is 0 Å². The molecule has 0 aromatic heterocycles. The second-order valence-corrected chi connectivity index (χ2v) is 2.93. The summed E-state index contributed by atoms with van der Waals surface area (Å²) < 4.78 is 0. The van der Waals surface area contributed by atoms with E-state index in [-0.39, 0.29) is 0 Å². The average Bonchev–Trinajstić information content (AvgIpc) is 2.60. The molecule has 0 aliphatic heterocycles. The second kappa shape index (κ2) is 2.83. The van der Waals surface area contributed by atoms with E-state index in [1.54, 1.807) is 0 Å². The Labute approximate surface area is 67.2 Å². The van der Waals surface area contributed by atoms with Crippen LogP contribution in [0.5, 0.6) is 0 Å². The highest BCUT2D eigenvalue weighted by Crippen LogP contribution is 2.15. The third-order valence-electron chi connectivity index (χ3n) is 2.03. The summed E-state index contributed by atoms with van der Waals surface area (Å²) in [6.07, 6.45) is 9.88. The fourth-order valence-electron chi connectivity index (χ4n) is 1.44. The molecule has 0 bridgehead atoms. The highest BCUT2D eigenvalue weighted by molar-refractivity contribution is 5.24. The normalized spacial score (nSPS) is 16.4. The molecule has 1 aromatic carbocycles. The van der Waals surface area contributed by atoms with Gasteiger partial charge in [0.2, 0.25) is 0 Å². The van der Waals surface area contributed by atoms with E-state index >= 15 is 0 Å². The van der Waals surface area contributed by atoms with Gasteiger partial charge in [-0.1, -0.05) is 30.7 Å². The van der Waals surface area contributed by atoms with Crippen molar-refractivity contribution in [2.75, 3.05) is 0 Å². The van der Waals surface area contributed by atoms with E-state index < -0.39 is 0 Å². The van der Waals surface area contributed by atoms with Crippen molar-refractivity contribution < 1.29 is 0 Å². The van der Waals surface area contributed by atoms with Gasteiger partial charge < -0.3 is 0 Å². The van der Waals surface area contributed by atoms with Crippen molar-refractivity contribution in [2.24, 2.45) is 5.92 Å². The Bertz CT molecular complexity index is 250. The van der Waals surface area contributed by atoms with E-state index in [1.165, 1.54) is 5.56 Å². The topological polar surface area (TPSA) is 0 Å². The van der Waals surface area contributed by atoms with E-state index in [0.29, 0.717) is 5.92 Å². The first kappa shape index (κ1) is 6.53. The molecule has 1 aromatic rings. The standard InChI is InChI=1S/C11H11/c1-2-6-10(5-1)9-11-7-3-4-8-11/h1-8,10H,9H2/q-1. The highest BCUT2D eigenvalue weighted by atomic mass is 14.1. The second-order valence-electron chi connectivity index (χ2n) is 2.93. The van der Waals surface area contributed by atoms with Crippen molar-refractivity contribution in [3.05, 3.63) is 54.1 Å². The third-order valence-corrected chi connectivity index (χ3v) is 2.03. The summed E-state index contributed by atoms with van der Waals surface area (Å²) in [5.41, 5.74) is 1.44. The van der Waals surface area contributed by atoms with Crippen LogP contribution >= 0.6 is 0 Å². The maximum atomic E-state index is 2.24. The molecule has 0 saturated heterocycles. The van der Waals surface area contributed by atoms with Crippen LogP contribution in [0.3, 0.4) is 0 Å². The van der Waals surface area contributed by atoms with Gasteiger partial charge in [0.15, 0.2) is 0 Å². The van der Waals surface area contributed by atoms with Crippen LogP contribution in [-0.2, 0) is 6.42 Å². The number of allylic oxidation sites excluding steroid dienone is 4. The van der Waals surface area contributed by atoms with Gasteiger partial charge in [0, 0.05) is 0 Å². The summed E-state index contributed by atoms with van der Waals surface area (Å²) in [7, 11) is 0. The highest BCUT2D eigenvalue weighted by Gasteiger charge is 1.99. The maximum Gasteiger partial charge on any atom is -0.0121 e. The summed E-state index contributed by atoms with van der Waals surface area (Å²) in [4.78, 5) is 0. The third kappa shape index (κ3) is 1.45. The Kier molecular flexibility index (Phi) is 1.68. The Morgan fingerprint density at radius 2 is 2.09 bits per heavy atom. The predicted molar refractivity (Wildman–Crippen MR) is 47.5 cm³/mol. The van der Waals surface area contributed by atoms with Gasteiger partial charge >= 0.3 is 0 Å². The van der Waals surface area contributed by atoms with Gasteiger partial charge in [-0.3, -0.25) is 0 Å². The van der Waals surface area contributed by atoms with Crippen LogP contribution in [0.1, 0.15) is 5.56 Å². The molecular formula is C11H11-. The first-order valence-corrected chi connectivity index (χ1v) is 4.01. The molecule has 2 rings (SSSR count). The summed E-state index contributed by atoms with van der Waals surface area (Å²) >= 11 is 0. The molecule has 0 radical (unpaired) electrons. The molecule has 56 valence electrons. The van der Waals surface area contributed by atoms with Gasteiger partial charge in [-0.2, -0.15) is 23.8 Å². The Hall–Kier alpha value is -1.17. The molecule has 0 saturated carbocycles. The number of hydrogen-bond donors (Lipinski definition) is 0. The Morgan fingerprint density at radius 3 is 2.73 bits per heavy atom. The van der Waals surface area contributed by atoms with Crippen LogP contribution in [0.15, 0.2) is 48.6 Å². The van der Waals surface area contributed by atoms with Gasteiger partial charge in [0.25, 0.3) is 0 Å². The van der Waals surface area contributed by atoms with Gasteiger partial charge in [-0.15, -0.1) is 0 Å². The molecule has 0 heterocycles. The van der Waals surface area contributed by atoms with Gasteiger partial charge in [0.1, 0.15) is 0 Å². The zero-order chi connectivity index (χ0) is 7.52. The van der Waals surface area contributed by atoms with E-state index in [0.717, 1.165) is 6.42 Å². The molecule has 1 aliphatic rings. The summed E-state index contributed by atoms with van der Waals surface area (Å²) in [5, 5.41) is 0. The lowest BCUT2D eigenvalue weighted by atomic mass is 10.0. The van der Waals surface area contributed by atoms with E-state index in [2.05, 4.69) is 48.6 Å². The molecule has 1 aliphatic carbocycles. The average molecular weight is 143 g/mol. The number of hydrogen-bond acceptors (Lipinski definition) is 0. The lowest BCUT2D eigenvalue weighted by Gasteiger charge is -2.07. The fourth-order valence-corrected chi connectivity index (χ4v) is 1.44. The van der Waals surface area contributed by atoms with Crippen molar-refractivity contribution in [1.82, 2.24) is 0 Å².